The van der Waals surface area contributed by atoms with Gasteiger partial charge in [0.25, 0.3) is 0 Å². The predicted molar refractivity (Wildman–Crippen MR) is 52.8 cm³/mol. The number of likely N-dealkylation sites (N-methyl/N-ethyl adjacent to an activating group) is 2. The molecule has 0 aliphatic rings. The Hall–Kier alpha value is -0.770. The molecule has 0 heterocycles. The van der Waals surface area contributed by atoms with Gasteiger partial charge in [0.1, 0.15) is 5.60 Å². The Morgan fingerprint density at radius 2 is 2.31 bits per heavy atom. The van der Waals surface area contributed by atoms with Crippen molar-refractivity contribution in [3.05, 3.63) is 0 Å². The normalized spacial score (nSPS) is 19.9. The zero-order valence-electron chi connectivity index (χ0n) is 14.2. The van der Waals surface area contributed by atoms with Gasteiger partial charge in [0.15, 0.2) is 0 Å². The number of amides is 1. The third kappa shape index (κ3) is 6.40. The second-order valence-electron chi connectivity index (χ2n) is 3.56. The fourth-order valence-electron chi connectivity index (χ4n) is 0.576. The quantitative estimate of drug-likeness (QED) is 0.731. The average molecular weight is 194 g/mol. The summed E-state index contributed by atoms with van der Waals surface area (Å²) in [7, 11) is 0. The van der Waals surface area contributed by atoms with Crippen molar-refractivity contribution in [1.82, 2.24) is 10.2 Å². The van der Waals surface area contributed by atoms with Crippen LogP contribution in [0.4, 0.5) is 4.79 Å². The van der Waals surface area contributed by atoms with Gasteiger partial charge in [-0.05, 0) is 27.7 Å². The Balaban J connectivity index is 4.62. The Morgan fingerprint density at radius 3 is 2.77 bits per heavy atom. The Bertz CT molecular complexity index is 307. The molecule has 1 N–H and O–H groups in total. The Labute approximate surface area is 88.7 Å². The molecular weight excluding hydrogens is 168 g/mol. The number of nitrogens with zero attached hydrogens (tertiary/aromatic N) is 1. The van der Waals surface area contributed by atoms with E-state index < -0.39 is 25.6 Å². The highest BCUT2D eigenvalue weighted by atomic mass is 16.6. The summed E-state index contributed by atoms with van der Waals surface area (Å²) in [6.45, 7) is -0.680. The molecule has 0 atom stereocenters. The molecule has 0 aromatic rings. The zero-order valence-corrected chi connectivity index (χ0v) is 8.18. The van der Waals surface area contributed by atoms with Crippen LogP contribution < -0.4 is 5.32 Å². The molecule has 0 aromatic carbocycles. The number of hydrogen-bond donors (Lipinski definition) is 1. The fraction of sp³-hybridized carbons (Fsp3) is 0.889. The predicted octanol–water partition coefficient (Wildman–Crippen LogP) is 1.07. The first-order chi connectivity index (χ1) is 8.22. The molecule has 0 fully saturated rings. The van der Waals surface area contributed by atoms with Crippen molar-refractivity contribution in [2.24, 2.45) is 0 Å². The summed E-state index contributed by atoms with van der Waals surface area (Å²) in [4.78, 5) is 12.3. The van der Waals surface area contributed by atoms with E-state index in [1.807, 2.05) is 0 Å². The molecule has 0 aliphatic heterocycles. The van der Waals surface area contributed by atoms with Gasteiger partial charge < -0.3 is 15.0 Å². The molecule has 0 saturated carbocycles. The van der Waals surface area contributed by atoms with Crippen molar-refractivity contribution in [3.63, 3.8) is 0 Å². The van der Waals surface area contributed by atoms with Crippen molar-refractivity contribution in [2.75, 3.05) is 27.0 Å². The van der Waals surface area contributed by atoms with Crippen LogP contribution in [0, 0.1) is 0 Å². The molecule has 0 spiro atoms. The van der Waals surface area contributed by atoms with Crippen molar-refractivity contribution < 1.29 is 17.8 Å². The van der Waals surface area contributed by atoms with E-state index >= 15 is 0 Å². The number of nitrogens with one attached hydrogen (secondary N) is 1. The molecule has 0 unspecified atom stereocenters. The van der Waals surface area contributed by atoms with Crippen LogP contribution in [0.1, 0.15) is 29.0 Å². The van der Waals surface area contributed by atoms with E-state index in [9.17, 15) is 4.79 Å². The highest BCUT2D eigenvalue weighted by molar-refractivity contribution is 5.67. The maximum atomic E-state index is 11.7. The lowest BCUT2D eigenvalue weighted by Gasteiger charge is -2.24. The molecule has 4 nitrogen and oxygen atoms in total. The van der Waals surface area contributed by atoms with Crippen LogP contribution in [0.25, 0.3) is 0 Å². The summed E-state index contributed by atoms with van der Waals surface area (Å²) >= 11 is 0. The van der Waals surface area contributed by atoms with Gasteiger partial charge in [-0.2, -0.15) is 0 Å². The van der Waals surface area contributed by atoms with Gasteiger partial charge in [0, 0.05) is 28.3 Å². The second kappa shape index (κ2) is 5.07. The summed E-state index contributed by atoms with van der Waals surface area (Å²) < 4.78 is 47.5. The van der Waals surface area contributed by atoms with Gasteiger partial charge >= 0.3 is 6.09 Å². The molecule has 0 rings (SSSR count). The van der Waals surface area contributed by atoms with Crippen molar-refractivity contribution in [1.29, 1.82) is 0 Å². The summed E-state index contributed by atoms with van der Waals surface area (Å²) in [5.41, 5.74) is -0.821. The third-order valence-electron chi connectivity index (χ3n) is 1.07. The van der Waals surface area contributed by atoms with E-state index in [4.69, 9.17) is 13.0 Å². The lowest BCUT2D eigenvalue weighted by atomic mass is 10.2. The van der Waals surface area contributed by atoms with Crippen LogP contribution in [-0.4, -0.2) is 43.6 Å². The van der Waals surface area contributed by atoms with E-state index in [-0.39, 0.29) is 13.1 Å². The first-order valence-corrected chi connectivity index (χ1v) is 3.98. The number of carbonyl (C=O) groups excluding carboxylic acids is 1. The average Bonchev–Trinajstić information content (AvgIpc) is 2.04. The van der Waals surface area contributed by atoms with Gasteiger partial charge in [-0.15, -0.1) is 0 Å². The lowest BCUT2D eigenvalue weighted by Crippen LogP contribution is -2.37. The van der Waals surface area contributed by atoms with E-state index in [1.54, 1.807) is 20.8 Å². The molecular formula is C9H20N2O2. The number of hydrogen-bond acceptors (Lipinski definition) is 3. The van der Waals surface area contributed by atoms with Crippen molar-refractivity contribution in [3.8, 4) is 0 Å². The van der Waals surface area contributed by atoms with Crippen molar-refractivity contribution >= 4 is 6.09 Å². The molecule has 78 valence electrons. The van der Waals surface area contributed by atoms with Crippen LogP contribution >= 0.6 is 0 Å². The van der Waals surface area contributed by atoms with E-state index in [1.165, 1.54) is 0 Å². The van der Waals surface area contributed by atoms with E-state index in [0.29, 0.717) is 4.90 Å². The van der Waals surface area contributed by atoms with E-state index in [2.05, 4.69) is 5.32 Å². The lowest BCUT2D eigenvalue weighted by molar-refractivity contribution is 0.0301. The summed E-state index contributed by atoms with van der Waals surface area (Å²) in [5.74, 6) is 0. The Morgan fingerprint density at radius 1 is 1.62 bits per heavy atom. The topological polar surface area (TPSA) is 41.6 Å². The Kier molecular flexibility index (Phi) is 2.02. The van der Waals surface area contributed by atoms with Crippen LogP contribution in [0.5, 0.6) is 0 Å². The molecule has 0 radical (unpaired) electrons. The first-order valence-electron chi connectivity index (χ1n) is 6.98. The number of carbonyl (C=O) groups is 1. The van der Waals surface area contributed by atoms with Gasteiger partial charge in [-0.25, -0.2) is 4.79 Å². The molecule has 13 heavy (non-hydrogen) atoms. The standard InChI is InChI=1S/C9H20N2O2/c1-9(2,3)13-8(12)11(5)7-6-10-4/h10H,6-7H2,1-5H3/i4D3,5D3. The van der Waals surface area contributed by atoms with Crippen LogP contribution in [0.2, 0.25) is 0 Å². The minimum absolute atomic E-state index is 0.172. The largest absolute Gasteiger partial charge is 0.444 e. The summed E-state index contributed by atoms with van der Waals surface area (Å²) in [5, 5.41) is 2.14. The van der Waals surface area contributed by atoms with Crippen LogP contribution in [0.3, 0.4) is 0 Å². The third-order valence-corrected chi connectivity index (χ3v) is 1.07. The summed E-state index contributed by atoms with van der Waals surface area (Å²) in [6.07, 6.45) is -1.00. The summed E-state index contributed by atoms with van der Waals surface area (Å²) in [6, 6.07) is 0. The molecule has 0 saturated heterocycles. The minimum atomic E-state index is -2.68. The highest BCUT2D eigenvalue weighted by Crippen LogP contribution is 2.08. The number of ether oxygens (including phenoxy) is 1. The minimum Gasteiger partial charge on any atom is -0.444 e. The SMILES string of the molecule is [2H]C([2H])([2H])NCCN(C(=O)OC(C)(C)C)C([2H])([2H])[2H]. The van der Waals surface area contributed by atoms with Crippen LogP contribution in [0.15, 0.2) is 0 Å². The second-order valence-corrected chi connectivity index (χ2v) is 3.56. The highest BCUT2D eigenvalue weighted by Gasteiger charge is 2.18. The maximum Gasteiger partial charge on any atom is 0.410 e. The first kappa shape index (κ1) is 5.20. The maximum absolute atomic E-state index is 11.7. The smallest absolute Gasteiger partial charge is 0.410 e. The van der Waals surface area contributed by atoms with Gasteiger partial charge in [0.2, 0.25) is 0 Å². The van der Waals surface area contributed by atoms with Gasteiger partial charge in [-0.3, -0.25) is 0 Å². The van der Waals surface area contributed by atoms with Gasteiger partial charge in [-0.1, -0.05) is 0 Å². The number of rotatable bonds is 3. The molecule has 1 amide bonds. The molecule has 0 bridgehead atoms. The molecule has 0 aliphatic carbocycles. The van der Waals surface area contributed by atoms with Gasteiger partial charge in [0.05, 0.1) is 0 Å². The van der Waals surface area contributed by atoms with Crippen LogP contribution in [-0.2, 0) is 4.74 Å². The molecule has 0 aromatic heterocycles. The fourth-order valence-corrected chi connectivity index (χ4v) is 0.576. The van der Waals surface area contributed by atoms with Crippen molar-refractivity contribution in [2.45, 2.75) is 26.4 Å². The molecule has 4 heteroatoms. The van der Waals surface area contributed by atoms with E-state index in [0.717, 1.165) is 0 Å². The monoisotopic (exact) mass is 194 g/mol. The zero-order chi connectivity index (χ0) is 15.5.